The molecule has 3 aliphatic rings. The standard InChI is InChI=1S/C28H46O5/c1-18(8-6-14-27(3,4)32)22-12-13-23-20(9-7-15-28(22,23)5)10-11-21-16-24(30)26(33-17-29)25(31)19(21)2/h10-11,18,22-26,29-32H,2,6-9,12-17H2,1,3-5H3/b20-10+,21-11-/t18-,22-,23?,24-,25-,26-,28?/m1/s1. The van der Waals surface area contributed by atoms with E-state index in [-0.39, 0.29) is 0 Å². The Morgan fingerprint density at radius 1 is 1.24 bits per heavy atom. The highest BCUT2D eigenvalue weighted by molar-refractivity contribution is 5.40. The summed E-state index contributed by atoms with van der Waals surface area (Å²) in [6.07, 6.45) is 11.1. The van der Waals surface area contributed by atoms with Crippen LogP contribution in [0.5, 0.6) is 0 Å². The first kappa shape index (κ1) is 26.6. The van der Waals surface area contributed by atoms with Crippen LogP contribution >= 0.6 is 0 Å². The number of rotatable bonds is 8. The van der Waals surface area contributed by atoms with Crippen molar-refractivity contribution >= 4 is 0 Å². The molecule has 33 heavy (non-hydrogen) atoms. The van der Waals surface area contributed by atoms with Crippen molar-refractivity contribution in [3.05, 3.63) is 35.5 Å². The molecule has 0 spiro atoms. The molecule has 0 aliphatic heterocycles. The molecule has 0 aromatic rings. The maximum atomic E-state index is 10.5. The molecule has 3 rings (SSSR count). The topological polar surface area (TPSA) is 90.2 Å². The molecule has 0 bridgehead atoms. The van der Waals surface area contributed by atoms with Crippen LogP contribution in [-0.2, 0) is 4.74 Å². The fraction of sp³-hybridized carbons (Fsp3) is 0.786. The fourth-order valence-electron chi connectivity index (χ4n) is 7.01. The zero-order chi connectivity index (χ0) is 24.4. The largest absolute Gasteiger partial charge is 0.390 e. The van der Waals surface area contributed by atoms with E-state index in [1.54, 1.807) is 0 Å². The van der Waals surface area contributed by atoms with Gasteiger partial charge in [-0.05, 0) is 86.7 Å². The van der Waals surface area contributed by atoms with Crippen molar-refractivity contribution < 1.29 is 25.2 Å². The predicted octanol–water partition coefficient (Wildman–Crippen LogP) is 4.65. The van der Waals surface area contributed by atoms with Crippen LogP contribution in [0.3, 0.4) is 0 Å². The van der Waals surface area contributed by atoms with Crippen molar-refractivity contribution in [1.29, 1.82) is 0 Å². The average molecular weight is 463 g/mol. The van der Waals surface area contributed by atoms with Gasteiger partial charge in [-0.3, -0.25) is 0 Å². The van der Waals surface area contributed by atoms with E-state index in [4.69, 9.17) is 9.84 Å². The van der Waals surface area contributed by atoms with Gasteiger partial charge in [0.25, 0.3) is 0 Å². The molecule has 3 saturated carbocycles. The summed E-state index contributed by atoms with van der Waals surface area (Å²) in [6.45, 7) is 12.2. The number of hydrogen-bond donors (Lipinski definition) is 4. The summed E-state index contributed by atoms with van der Waals surface area (Å²) in [7, 11) is 0. The first-order valence-corrected chi connectivity index (χ1v) is 12.9. The molecule has 4 N–H and O–H groups in total. The summed E-state index contributed by atoms with van der Waals surface area (Å²) in [6, 6.07) is 0. The first-order chi connectivity index (χ1) is 15.5. The highest BCUT2D eigenvalue weighted by Gasteiger charge is 2.50. The van der Waals surface area contributed by atoms with Gasteiger partial charge in [-0.15, -0.1) is 0 Å². The predicted molar refractivity (Wildman–Crippen MR) is 131 cm³/mol. The smallest absolute Gasteiger partial charge is 0.144 e. The van der Waals surface area contributed by atoms with Gasteiger partial charge < -0.3 is 25.2 Å². The van der Waals surface area contributed by atoms with Gasteiger partial charge in [0, 0.05) is 6.42 Å². The summed E-state index contributed by atoms with van der Waals surface area (Å²) in [5.41, 5.74) is 2.67. The maximum absolute atomic E-state index is 10.5. The van der Waals surface area contributed by atoms with E-state index in [1.807, 2.05) is 19.9 Å². The quantitative estimate of drug-likeness (QED) is 0.394. The zero-order valence-corrected chi connectivity index (χ0v) is 21.1. The van der Waals surface area contributed by atoms with Crippen molar-refractivity contribution in [2.24, 2.45) is 23.2 Å². The van der Waals surface area contributed by atoms with E-state index in [2.05, 4.69) is 26.5 Å². The molecule has 7 atom stereocenters. The van der Waals surface area contributed by atoms with Crippen LogP contribution in [0, 0.1) is 23.2 Å². The third kappa shape index (κ3) is 5.99. The van der Waals surface area contributed by atoms with Gasteiger partial charge in [-0.1, -0.05) is 51.0 Å². The molecular weight excluding hydrogens is 416 g/mol. The van der Waals surface area contributed by atoms with Crippen LogP contribution in [-0.4, -0.2) is 51.1 Å². The minimum absolute atomic E-state index is 0.319. The Hall–Kier alpha value is -0.980. The fourth-order valence-corrected chi connectivity index (χ4v) is 7.01. The monoisotopic (exact) mass is 462 g/mol. The molecule has 3 aliphatic carbocycles. The van der Waals surface area contributed by atoms with E-state index >= 15 is 0 Å². The van der Waals surface area contributed by atoms with E-state index in [9.17, 15) is 15.3 Å². The van der Waals surface area contributed by atoms with Crippen LogP contribution in [0.25, 0.3) is 0 Å². The Bertz CT molecular complexity index is 748. The Balaban J connectivity index is 1.70. The summed E-state index contributed by atoms with van der Waals surface area (Å²) in [5, 5.41) is 40.0. The second-order valence-electron chi connectivity index (χ2n) is 11.7. The van der Waals surface area contributed by atoms with E-state index in [0.29, 0.717) is 35.2 Å². The van der Waals surface area contributed by atoms with Crippen LogP contribution in [0.2, 0.25) is 0 Å². The van der Waals surface area contributed by atoms with Gasteiger partial charge in [-0.25, -0.2) is 0 Å². The van der Waals surface area contributed by atoms with Crippen LogP contribution in [0.4, 0.5) is 0 Å². The van der Waals surface area contributed by atoms with Gasteiger partial charge >= 0.3 is 0 Å². The first-order valence-electron chi connectivity index (χ1n) is 12.9. The lowest BCUT2D eigenvalue weighted by Gasteiger charge is -2.44. The second kappa shape index (κ2) is 10.7. The molecule has 0 radical (unpaired) electrons. The van der Waals surface area contributed by atoms with Crippen molar-refractivity contribution in [1.82, 2.24) is 0 Å². The lowest BCUT2D eigenvalue weighted by Crippen LogP contribution is -2.45. The van der Waals surface area contributed by atoms with Gasteiger partial charge in [-0.2, -0.15) is 0 Å². The van der Waals surface area contributed by atoms with Crippen molar-refractivity contribution in [2.45, 2.75) is 109 Å². The average Bonchev–Trinajstić information content (AvgIpc) is 3.09. The minimum atomic E-state index is -1.01. The number of aliphatic hydroxyl groups is 4. The van der Waals surface area contributed by atoms with Crippen molar-refractivity contribution in [3.8, 4) is 0 Å². The summed E-state index contributed by atoms with van der Waals surface area (Å²) < 4.78 is 5.11. The van der Waals surface area contributed by atoms with Gasteiger partial charge in [0.2, 0.25) is 0 Å². The second-order valence-corrected chi connectivity index (χ2v) is 11.7. The Morgan fingerprint density at radius 2 is 1.97 bits per heavy atom. The number of aliphatic hydroxyl groups excluding tert-OH is 3. The molecule has 5 nitrogen and oxygen atoms in total. The van der Waals surface area contributed by atoms with E-state index < -0.39 is 30.7 Å². The van der Waals surface area contributed by atoms with Crippen molar-refractivity contribution in [2.75, 3.05) is 6.79 Å². The summed E-state index contributed by atoms with van der Waals surface area (Å²) >= 11 is 0. The molecular formula is C28H46O5. The Kier molecular flexibility index (Phi) is 8.66. The lowest BCUT2D eigenvalue weighted by molar-refractivity contribution is -0.138. The molecule has 3 fully saturated rings. The summed E-state index contributed by atoms with van der Waals surface area (Å²) in [4.78, 5) is 0. The van der Waals surface area contributed by atoms with Crippen LogP contribution < -0.4 is 0 Å². The Labute approximate surface area is 200 Å². The van der Waals surface area contributed by atoms with Crippen molar-refractivity contribution in [3.63, 3.8) is 0 Å². The molecule has 188 valence electrons. The van der Waals surface area contributed by atoms with E-state index in [1.165, 1.54) is 37.7 Å². The normalized spacial score (nSPS) is 38.7. The maximum Gasteiger partial charge on any atom is 0.144 e. The molecule has 0 amide bonds. The molecule has 2 unspecified atom stereocenters. The summed E-state index contributed by atoms with van der Waals surface area (Å²) in [5.74, 6) is 1.96. The highest BCUT2D eigenvalue weighted by atomic mass is 16.6. The molecule has 0 heterocycles. The Morgan fingerprint density at radius 3 is 2.64 bits per heavy atom. The number of fused-ring (bicyclic) bond motifs is 1. The highest BCUT2D eigenvalue weighted by Crippen LogP contribution is 2.60. The molecule has 0 saturated heterocycles. The minimum Gasteiger partial charge on any atom is -0.390 e. The number of hydrogen-bond acceptors (Lipinski definition) is 5. The zero-order valence-electron chi connectivity index (χ0n) is 21.1. The van der Waals surface area contributed by atoms with Crippen LogP contribution in [0.15, 0.2) is 35.5 Å². The number of ether oxygens (including phenoxy) is 1. The third-order valence-corrected chi connectivity index (χ3v) is 8.83. The number of allylic oxidation sites excluding steroid dienone is 3. The molecule has 5 heteroatoms. The van der Waals surface area contributed by atoms with E-state index in [0.717, 1.165) is 24.8 Å². The lowest BCUT2D eigenvalue weighted by atomic mass is 9.60. The molecule has 0 aromatic heterocycles. The van der Waals surface area contributed by atoms with Crippen LogP contribution in [0.1, 0.15) is 85.5 Å². The third-order valence-electron chi connectivity index (χ3n) is 8.83. The van der Waals surface area contributed by atoms with Gasteiger partial charge in [0.15, 0.2) is 0 Å². The molecule has 0 aromatic carbocycles. The van der Waals surface area contributed by atoms with Gasteiger partial charge in [0.05, 0.1) is 11.7 Å². The van der Waals surface area contributed by atoms with Gasteiger partial charge in [0.1, 0.15) is 19.0 Å². The SMILES string of the molecule is C=C1/C(=C\C=C2/CCCC3(C)C2CC[C@@H]3[C@H](C)CCCC(C)(C)O)C[C@@H](O)[C@@H](OCO)[C@@H]1O.